The Bertz CT molecular complexity index is 870. The van der Waals surface area contributed by atoms with Crippen LogP contribution in [0.3, 0.4) is 0 Å². The van der Waals surface area contributed by atoms with Crippen molar-refractivity contribution in [2.24, 2.45) is 0 Å². The fraction of sp³-hybridized carbons (Fsp3) is 0.450. The zero-order chi connectivity index (χ0) is 19.0. The Morgan fingerprint density at radius 3 is 2.74 bits per heavy atom. The normalized spacial score (nSPS) is 20.8. The van der Waals surface area contributed by atoms with E-state index in [1.54, 1.807) is 5.51 Å². The van der Waals surface area contributed by atoms with Crippen LogP contribution in [0.1, 0.15) is 52.5 Å². The van der Waals surface area contributed by atoms with Crippen molar-refractivity contribution in [1.29, 1.82) is 0 Å². The predicted molar refractivity (Wildman–Crippen MR) is 101 cm³/mol. The van der Waals surface area contributed by atoms with Gasteiger partial charge in [0.25, 0.3) is 5.91 Å². The molecule has 27 heavy (non-hydrogen) atoms. The van der Waals surface area contributed by atoms with Gasteiger partial charge in [-0.1, -0.05) is 18.2 Å². The number of hydrogen-bond acceptors (Lipinski definition) is 5. The van der Waals surface area contributed by atoms with Crippen LogP contribution in [0.15, 0.2) is 29.8 Å². The van der Waals surface area contributed by atoms with E-state index in [9.17, 15) is 14.7 Å². The summed E-state index contributed by atoms with van der Waals surface area (Å²) in [7, 11) is 0. The molecule has 6 nitrogen and oxygen atoms in total. The predicted octanol–water partition coefficient (Wildman–Crippen LogP) is 3.47. The number of aryl methyl sites for hydroxylation is 1. The summed E-state index contributed by atoms with van der Waals surface area (Å²) >= 11 is 1.38. The number of amides is 1. The van der Waals surface area contributed by atoms with E-state index in [4.69, 9.17) is 4.74 Å². The zero-order valence-electron chi connectivity index (χ0n) is 15.2. The molecule has 0 bridgehead atoms. The smallest absolute Gasteiger partial charge is 0.303 e. The molecule has 3 heterocycles. The quantitative estimate of drug-likeness (QED) is 0.874. The number of hydrogen-bond donors (Lipinski definition) is 1. The third-order valence-electron chi connectivity index (χ3n) is 5.63. The third-order valence-corrected chi connectivity index (χ3v) is 6.54. The van der Waals surface area contributed by atoms with E-state index >= 15 is 0 Å². The lowest BCUT2D eigenvalue weighted by Gasteiger charge is -2.46. The van der Waals surface area contributed by atoms with Crippen molar-refractivity contribution >= 4 is 23.2 Å². The number of nitrogens with zero attached hydrogens (tertiary/aromatic N) is 2. The lowest BCUT2D eigenvalue weighted by atomic mass is 9.76. The molecule has 1 fully saturated rings. The van der Waals surface area contributed by atoms with E-state index in [0.29, 0.717) is 37.2 Å². The summed E-state index contributed by atoms with van der Waals surface area (Å²) in [6.07, 6.45) is 2.20. The minimum atomic E-state index is -0.792. The van der Waals surface area contributed by atoms with E-state index in [0.717, 1.165) is 17.0 Å². The molecule has 1 atom stereocenters. The number of carboxylic acids is 1. The lowest BCUT2D eigenvalue weighted by molar-refractivity contribution is -0.138. The summed E-state index contributed by atoms with van der Waals surface area (Å²) in [5.41, 5.74) is 3.05. The molecule has 1 spiro atoms. The Kier molecular flexibility index (Phi) is 4.63. The maximum Gasteiger partial charge on any atom is 0.303 e. The van der Waals surface area contributed by atoms with Gasteiger partial charge in [-0.15, -0.1) is 11.3 Å². The maximum atomic E-state index is 12.7. The fourth-order valence-corrected chi connectivity index (χ4v) is 4.98. The van der Waals surface area contributed by atoms with Gasteiger partial charge in [0.15, 0.2) is 0 Å². The van der Waals surface area contributed by atoms with E-state index in [1.165, 1.54) is 11.3 Å². The Labute approximate surface area is 161 Å². The van der Waals surface area contributed by atoms with Crippen LogP contribution in [0.5, 0.6) is 5.75 Å². The van der Waals surface area contributed by atoms with Gasteiger partial charge in [0.2, 0.25) is 0 Å². The van der Waals surface area contributed by atoms with Crippen LogP contribution < -0.4 is 4.74 Å². The summed E-state index contributed by atoms with van der Waals surface area (Å²) < 4.78 is 6.37. The average molecular weight is 386 g/mol. The van der Waals surface area contributed by atoms with Gasteiger partial charge in [-0.3, -0.25) is 9.59 Å². The Morgan fingerprint density at radius 1 is 1.33 bits per heavy atom. The lowest BCUT2D eigenvalue weighted by Crippen LogP contribution is -2.51. The molecule has 1 N–H and O–H groups in total. The Morgan fingerprint density at radius 2 is 2.07 bits per heavy atom. The molecule has 4 rings (SSSR count). The van der Waals surface area contributed by atoms with Gasteiger partial charge in [-0.05, 0) is 25.0 Å². The number of benzene rings is 1. The molecule has 2 aliphatic rings. The highest BCUT2D eigenvalue weighted by atomic mass is 32.1. The molecule has 142 valence electrons. The van der Waals surface area contributed by atoms with Crippen molar-refractivity contribution in [3.8, 4) is 5.75 Å². The first kappa shape index (κ1) is 18.0. The van der Waals surface area contributed by atoms with Crippen molar-refractivity contribution in [2.45, 2.75) is 44.1 Å². The number of thiazole rings is 1. The molecule has 0 radical (unpaired) electrons. The molecular formula is C20H22N2O4S. The summed E-state index contributed by atoms with van der Waals surface area (Å²) in [5.74, 6) is -0.0326. The molecule has 1 aromatic heterocycles. The average Bonchev–Trinajstić information content (AvgIpc) is 3.07. The molecule has 1 saturated heterocycles. The summed E-state index contributed by atoms with van der Waals surface area (Å²) in [6.45, 7) is 3.07. The van der Waals surface area contributed by atoms with E-state index < -0.39 is 11.6 Å². The van der Waals surface area contributed by atoms with Crippen LogP contribution in [0.4, 0.5) is 0 Å². The van der Waals surface area contributed by atoms with Gasteiger partial charge in [-0.25, -0.2) is 4.98 Å². The first-order valence-corrected chi connectivity index (χ1v) is 10.0. The number of aliphatic carboxylic acids is 1. The Balaban J connectivity index is 1.51. The van der Waals surface area contributed by atoms with Crippen LogP contribution in [0.2, 0.25) is 0 Å². The largest absolute Gasteiger partial charge is 0.487 e. The Hall–Kier alpha value is -2.41. The van der Waals surface area contributed by atoms with Gasteiger partial charge < -0.3 is 14.7 Å². The molecule has 0 aliphatic carbocycles. The molecule has 2 aromatic rings. The number of carbonyl (C=O) groups is 2. The van der Waals surface area contributed by atoms with Crippen LogP contribution in [-0.2, 0) is 4.79 Å². The molecular weight excluding hydrogens is 364 g/mol. The molecule has 7 heteroatoms. The summed E-state index contributed by atoms with van der Waals surface area (Å²) in [4.78, 5) is 30.8. The maximum absolute atomic E-state index is 12.7. The molecule has 0 saturated carbocycles. The highest BCUT2D eigenvalue weighted by Gasteiger charge is 2.44. The van der Waals surface area contributed by atoms with Gasteiger partial charge in [0.05, 0.1) is 17.6 Å². The minimum absolute atomic E-state index is 0.0307. The van der Waals surface area contributed by atoms with Gasteiger partial charge in [-0.2, -0.15) is 0 Å². The van der Waals surface area contributed by atoms with E-state index in [1.807, 2.05) is 36.1 Å². The van der Waals surface area contributed by atoms with E-state index in [-0.39, 0.29) is 18.2 Å². The zero-order valence-corrected chi connectivity index (χ0v) is 16.0. The van der Waals surface area contributed by atoms with Gasteiger partial charge in [0, 0.05) is 31.8 Å². The van der Waals surface area contributed by atoms with Crippen LogP contribution in [0, 0.1) is 6.92 Å². The first-order chi connectivity index (χ1) is 13.0. The monoisotopic (exact) mass is 386 g/mol. The number of ether oxygens (including phenoxy) is 1. The summed E-state index contributed by atoms with van der Waals surface area (Å²) in [5, 5.41) is 9.33. The van der Waals surface area contributed by atoms with Crippen molar-refractivity contribution in [1.82, 2.24) is 9.88 Å². The number of para-hydroxylation sites is 1. The van der Waals surface area contributed by atoms with Gasteiger partial charge >= 0.3 is 5.97 Å². The topological polar surface area (TPSA) is 79.7 Å². The molecule has 1 aromatic carbocycles. The second kappa shape index (κ2) is 6.96. The SMILES string of the molecule is Cc1ncsc1C(=O)N1CCC2(CC1)CC(CC(=O)O)c1ccccc1O2. The number of carbonyl (C=O) groups excluding carboxylic acids is 1. The van der Waals surface area contributed by atoms with Crippen LogP contribution in [-0.4, -0.2) is 45.6 Å². The second-order valence-corrected chi connectivity index (χ2v) is 8.24. The number of carboxylic acid groups (broad SMARTS) is 1. The standard InChI is InChI=1S/C20H22N2O4S/c1-13-18(27-12-21-13)19(25)22-8-6-20(7-9-22)11-14(10-17(23)24)15-4-2-3-5-16(15)26-20/h2-5,12,14H,6-11H2,1H3,(H,23,24). The molecule has 2 aliphatic heterocycles. The van der Waals surface area contributed by atoms with Crippen molar-refractivity contribution in [3.63, 3.8) is 0 Å². The van der Waals surface area contributed by atoms with Crippen molar-refractivity contribution in [3.05, 3.63) is 45.9 Å². The van der Waals surface area contributed by atoms with Crippen molar-refractivity contribution < 1.29 is 19.4 Å². The highest BCUT2D eigenvalue weighted by molar-refractivity contribution is 7.11. The second-order valence-electron chi connectivity index (χ2n) is 7.38. The number of piperidine rings is 1. The summed E-state index contributed by atoms with van der Waals surface area (Å²) in [6, 6.07) is 7.72. The van der Waals surface area contributed by atoms with Crippen LogP contribution >= 0.6 is 11.3 Å². The number of rotatable bonds is 3. The fourth-order valence-electron chi connectivity index (χ4n) is 4.21. The van der Waals surface area contributed by atoms with Crippen molar-refractivity contribution in [2.75, 3.05) is 13.1 Å². The minimum Gasteiger partial charge on any atom is -0.487 e. The first-order valence-electron chi connectivity index (χ1n) is 9.16. The number of fused-ring (bicyclic) bond motifs is 1. The third kappa shape index (κ3) is 3.43. The number of aromatic nitrogens is 1. The van der Waals surface area contributed by atoms with Crippen LogP contribution in [0.25, 0.3) is 0 Å². The highest BCUT2D eigenvalue weighted by Crippen LogP contribution is 2.46. The molecule has 1 amide bonds. The van der Waals surface area contributed by atoms with E-state index in [2.05, 4.69) is 4.98 Å². The number of likely N-dealkylation sites (tertiary alicyclic amines) is 1. The molecule has 1 unspecified atom stereocenters. The van der Waals surface area contributed by atoms with Gasteiger partial charge in [0.1, 0.15) is 16.2 Å².